The van der Waals surface area contributed by atoms with Crippen molar-refractivity contribution in [1.29, 1.82) is 0 Å². The summed E-state index contributed by atoms with van der Waals surface area (Å²) < 4.78 is 293. The van der Waals surface area contributed by atoms with Crippen LogP contribution in [0.5, 0.6) is 17.2 Å². The smallest absolute Gasteiger partial charge is 0.441 e. The van der Waals surface area contributed by atoms with Crippen LogP contribution in [0.1, 0.15) is 32.6 Å². The van der Waals surface area contributed by atoms with Gasteiger partial charge in [0.25, 0.3) is 0 Å². The fraction of sp³-hybridized carbons (Fsp3) is 0.265. The molecule has 0 unspecified atom stereocenters. The highest BCUT2D eigenvalue weighted by Crippen LogP contribution is 2.58. The second kappa shape index (κ2) is 15.2. The van der Waals surface area contributed by atoms with Crippen LogP contribution in [0.3, 0.4) is 0 Å². The molecule has 0 atom stereocenters. The Bertz CT molecular complexity index is 2000. The minimum Gasteiger partial charge on any atom is -0.441 e. The van der Waals surface area contributed by atoms with Crippen molar-refractivity contribution >= 4 is 5.97 Å². The Morgan fingerprint density at radius 1 is 0.407 bits per heavy atom. The molecular weight excluding hydrogens is 868 g/mol. The summed E-state index contributed by atoms with van der Waals surface area (Å²) in [6.45, 7) is 0. The Hall–Kier alpha value is -5.65. The van der Waals surface area contributed by atoms with Crippen molar-refractivity contribution in [1.82, 2.24) is 0 Å². The summed E-state index contributed by atoms with van der Waals surface area (Å²) in [5.41, 5.74) is -10.8. The van der Waals surface area contributed by atoms with Gasteiger partial charge in [0.15, 0.2) is 17.1 Å². The highest BCUT2D eigenvalue weighted by molar-refractivity contribution is 5.95. The van der Waals surface area contributed by atoms with Gasteiger partial charge >= 0.3 is 54.9 Å². The van der Waals surface area contributed by atoms with E-state index in [2.05, 4.69) is 14.2 Å². The van der Waals surface area contributed by atoms with Crippen LogP contribution < -0.4 is 14.2 Å². The monoisotopic (exact) mass is 884 g/mol. The van der Waals surface area contributed by atoms with Gasteiger partial charge in [0.2, 0.25) is 5.75 Å². The summed E-state index contributed by atoms with van der Waals surface area (Å²) in [5, 5.41) is 0. The van der Waals surface area contributed by atoms with Crippen LogP contribution in [-0.4, -0.2) is 49.0 Å². The normalized spacial score (nSPS) is 13.8. The molecule has 59 heavy (non-hydrogen) atoms. The second-order valence-electron chi connectivity index (χ2n) is 11.5. The van der Waals surface area contributed by atoms with E-state index < -0.39 is 95.0 Å². The maximum Gasteiger partial charge on any atom is 0.499 e. The van der Waals surface area contributed by atoms with Gasteiger partial charge in [-0.1, -0.05) is 91.0 Å². The van der Waals surface area contributed by atoms with E-state index >= 15 is 8.78 Å². The van der Waals surface area contributed by atoms with Gasteiger partial charge in [0.05, 0.1) is 11.1 Å². The van der Waals surface area contributed by atoms with Gasteiger partial charge in [0.1, 0.15) is 0 Å². The lowest BCUT2D eigenvalue weighted by molar-refractivity contribution is -0.371. The number of carbonyl (C=O) groups is 1. The Balaban J connectivity index is 2.30. The van der Waals surface area contributed by atoms with E-state index in [9.17, 15) is 83.8 Å². The molecule has 25 heteroatoms. The van der Waals surface area contributed by atoms with Gasteiger partial charge < -0.3 is 18.9 Å². The number of esters is 1. The molecule has 0 spiro atoms. The van der Waals surface area contributed by atoms with E-state index in [1.807, 2.05) is 0 Å². The molecule has 0 aliphatic rings. The summed E-state index contributed by atoms with van der Waals surface area (Å²) in [6, 6.07) is 16.0. The lowest BCUT2D eigenvalue weighted by Gasteiger charge is -2.36. The fourth-order valence-electron chi connectivity index (χ4n) is 4.96. The van der Waals surface area contributed by atoms with Gasteiger partial charge in [-0.15, -0.1) is 0 Å². The van der Waals surface area contributed by atoms with E-state index in [-0.39, 0.29) is 16.7 Å². The van der Waals surface area contributed by atoms with Crippen LogP contribution >= 0.6 is 0 Å². The molecule has 0 aromatic heterocycles. The molecule has 0 radical (unpaired) electrons. The molecule has 0 amide bonds. The van der Waals surface area contributed by atoms with E-state index in [4.69, 9.17) is 4.74 Å². The highest BCUT2D eigenvalue weighted by Gasteiger charge is 2.68. The number of carbonyl (C=O) groups excluding carboxylic acids is 1. The van der Waals surface area contributed by atoms with Crippen LogP contribution in [0.25, 0.3) is 0 Å². The molecule has 0 aliphatic carbocycles. The van der Waals surface area contributed by atoms with Crippen LogP contribution in [0, 0.1) is 0 Å². The van der Waals surface area contributed by atoms with Gasteiger partial charge in [-0.05, 0) is 6.07 Å². The number of hydrogen-bond acceptors (Lipinski definition) is 5. The summed E-state index contributed by atoms with van der Waals surface area (Å²) in [5.74, 6) is -21.8. The van der Waals surface area contributed by atoms with Gasteiger partial charge in [-0.3, -0.25) is 0 Å². The molecule has 0 saturated heterocycles. The summed E-state index contributed by atoms with van der Waals surface area (Å²) in [4.78, 5) is 14.1. The minimum absolute atomic E-state index is 0.347. The zero-order valence-corrected chi connectivity index (χ0v) is 27.8. The van der Waals surface area contributed by atoms with E-state index in [1.54, 1.807) is 0 Å². The molecule has 0 bridgehead atoms. The first-order valence-electron chi connectivity index (χ1n) is 15.2. The first-order chi connectivity index (χ1) is 26.7. The largest absolute Gasteiger partial charge is 0.499 e. The molecule has 5 nitrogen and oxygen atoms in total. The van der Waals surface area contributed by atoms with Crippen LogP contribution in [0.2, 0.25) is 0 Å². The zero-order chi connectivity index (χ0) is 44.8. The number of ether oxygens (including phenoxy) is 4. The zero-order valence-electron chi connectivity index (χ0n) is 27.8. The first-order valence-corrected chi connectivity index (χ1v) is 15.2. The predicted octanol–water partition coefficient (Wildman–Crippen LogP) is 12.1. The molecule has 0 N–H and O–H groups in total. The fourth-order valence-corrected chi connectivity index (χ4v) is 4.96. The minimum atomic E-state index is -7.47. The maximum atomic E-state index is 15.6. The quantitative estimate of drug-likeness (QED) is 0.0806. The molecule has 0 saturated carbocycles. The van der Waals surface area contributed by atoms with Crippen molar-refractivity contribution < 1.29 is 112 Å². The number of rotatable bonds is 12. The topological polar surface area (TPSA) is 54.0 Å². The van der Waals surface area contributed by atoms with Crippen LogP contribution in [0.15, 0.2) is 97.1 Å². The average molecular weight is 884 g/mol. The third kappa shape index (κ3) is 8.87. The van der Waals surface area contributed by atoms with Crippen LogP contribution in [-0.2, 0) is 16.3 Å². The average Bonchev–Trinajstić information content (AvgIpc) is 3.10. The van der Waals surface area contributed by atoms with E-state index in [1.165, 1.54) is 54.6 Å². The van der Waals surface area contributed by atoms with E-state index in [0.29, 0.717) is 0 Å². The molecular formula is C34H16F20O5. The molecule has 322 valence electrons. The van der Waals surface area contributed by atoms with Gasteiger partial charge in [0, 0.05) is 16.7 Å². The number of alkyl halides is 20. The van der Waals surface area contributed by atoms with Crippen LogP contribution in [0.4, 0.5) is 87.8 Å². The first kappa shape index (κ1) is 46.0. The number of hydrogen-bond donors (Lipinski definition) is 0. The molecule has 4 rings (SSSR count). The summed E-state index contributed by atoms with van der Waals surface area (Å²) in [7, 11) is 0. The maximum absolute atomic E-state index is 15.6. The number of benzene rings is 4. The molecule has 0 fully saturated rings. The van der Waals surface area contributed by atoms with Crippen molar-refractivity contribution in [2.45, 2.75) is 54.6 Å². The molecule has 4 aromatic rings. The van der Waals surface area contributed by atoms with Crippen molar-refractivity contribution in [2.75, 3.05) is 0 Å². The SMILES string of the molecule is O=C(OC(c1ccccc1)(c1ccccc1)c1ccccc1)c1cc(OC(F)(F)C(F)(F)F)c(OC(F)(F)C(F)(F)F)c(OC(F)(F)C(F)(F)F)c1C(F)(F)C(F)(F)F. The molecule has 0 heterocycles. The Morgan fingerprint density at radius 3 is 1.05 bits per heavy atom. The molecule has 4 aromatic carbocycles. The Morgan fingerprint density at radius 2 is 0.729 bits per heavy atom. The predicted molar refractivity (Wildman–Crippen MR) is 156 cm³/mol. The summed E-state index contributed by atoms with van der Waals surface area (Å²) in [6.07, 6.45) is -51.1. The van der Waals surface area contributed by atoms with Crippen molar-refractivity contribution in [3.05, 3.63) is 125 Å². The van der Waals surface area contributed by atoms with Gasteiger partial charge in [-0.25, -0.2) is 4.79 Å². The van der Waals surface area contributed by atoms with Crippen molar-refractivity contribution in [3.8, 4) is 17.2 Å². The Kier molecular flexibility index (Phi) is 11.8. The highest BCUT2D eigenvalue weighted by atomic mass is 19.4. The third-order valence-corrected chi connectivity index (χ3v) is 7.57. The van der Waals surface area contributed by atoms with E-state index in [0.717, 1.165) is 36.4 Å². The second-order valence-corrected chi connectivity index (χ2v) is 11.5. The lowest BCUT2D eigenvalue weighted by Crippen LogP contribution is -2.46. The number of halogens is 20. The van der Waals surface area contributed by atoms with Gasteiger partial charge in [-0.2, -0.15) is 87.8 Å². The lowest BCUT2D eigenvalue weighted by atomic mass is 9.80. The molecule has 0 aliphatic heterocycles. The standard InChI is InChI=1S/C34H16F20O5/c35-27(36,28(37,38)39)22-20(25(55)59-26(17-10-4-1-5-11-17,18-12-6-2-7-13-18)19-14-8-3-9-15-19)16-21(56-32(49,50)29(40,41)42)23(57-33(51,52)30(43,44)45)24(22)58-34(53,54)31(46,47)48/h1-16H. The van der Waals surface area contributed by atoms with Crippen molar-refractivity contribution in [2.24, 2.45) is 0 Å². The van der Waals surface area contributed by atoms with Crippen molar-refractivity contribution in [3.63, 3.8) is 0 Å². The Labute approximate surface area is 314 Å². The summed E-state index contributed by atoms with van der Waals surface area (Å²) >= 11 is 0. The third-order valence-electron chi connectivity index (χ3n) is 7.57.